The fraction of sp³-hybridized carbons (Fsp3) is 0.538. The molecule has 0 aromatic rings. The molecule has 0 N–H and O–H groups in total. The number of hydrogen-bond donors (Lipinski definition) is 0. The Bertz CT molecular complexity index is 448. The van der Waals surface area contributed by atoms with Crippen LogP contribution in [0.25, 0.3) is 0 Å². The molecule has 1 saturated heterocycles. The van der Waals surface area contributed by atoms with Crippen molar-refractivity contribution in [3.05, 3.63) is 23.8 Å². The fourth-order valence-electron chi connectivity index (χ4n) is 3.01. The summed E-state index contributed by atoms with van der Waals surface area (Å²) >= 11 is 0. The number of fused-ring (bicyclic) bond motifs is 2. The number of esters is 2. The van der Waals surface area contributed by atoms with E-state index in [1.54, 1.807) is 6.08 Å². The maximum absolute atomic E-state index is 11.5. The quantitative estimate of drug-likeness (QED) is 0.469. The SMILES string of the molecule is C=C1C(=O)OC2CC(C)C3=CC(=O)OC3CC12. The van der Waals surface area contributed by atoms with Gasteiger partial charge in [0.2, 0.25) is 0 Å². The molecule has 0 bridgehead atoms. The van der Waals surface area contributed by atoms with Crippen molar-refractivity contribution in [3.63, 3.8) is 0 Å². The van der Waals surface area contributed by atoms with E-state index in [-0.39, 0.29) is 36.0 Å². The van der Waals surface area contributed by atoms with E-state index in [9.17, 15) is 9.59 Å². The van der Waals surface area contributed by atoms with E-state index in [0.717, 1.165) is 12.0 Å². The molecule has 0 radical (unpaired) electrons. The van der Waals surface area contributed by atoms with Crippen molar-refractivity contribution < 1.29 is 19.1 Å². The summed E-state index contributed by atoms with van der Waals surface area (Å²) in [5.74, 6) is -0.373. The predicted molar refractivity (Wildman–Crippen MR) is 58.9 cm³/mol. The molecule has 0 spiro atoms. The molecular weight excluding hydrogens is 220 g/mol. The number of hydrogen-bond acceptors (Lipinski definition) is 4. The first-order valence-electron chi connectivity index (χ1n) is 5.88. The van der Waals surface area contributed by atoms with E-state index in [4.69, 9.17) is 9.47 Å². The van der Waals surface area contributed by atoms with Gasteiger partial charge in [0.05, 0.1) is 0 Å². The van der Waals surface area contributed by atoms with Crippen LogP contribution in [0.15, 0.2) is 23.8 Å². The van der Waals surface area contributed by atoms with Crippen molar-refractivity contribution >= 4 is 11.9 Å². The third-order valence-corrected chi connectivity index (χ3v) is 3.95. The molecule has 3 aliphatic rings. The number of ether oxygens (including phenoxy) is 2. The topological polar surface area (TPSA) is 52.6 Å². The predicted octanol–water partition coefficient (Wildman–Crippen LogP) is 1.37. The highest BCUT2D eigenvalue weighted by Gasteiger charge is 2.46. The van der Waals surface area contributed by atoms with Crippen LogP contribution < -0.4 is 0 Å². The highest BCUT2D eigenvalue weighted by Crippen LogP contribution is 2.43. The smallest absolute Gasteiger partial charge is 0.334 e. The first-order chi connectivity index (χ1) is 8.06. The summed E-state index contributed by atoms with van der Waals surface area (Å²) in [7, 11) is 0. The Morgan fingerprint density at radius 3 is 2.82 bits per heavy atom. The summed E-state index contributed by atoms with van der Waals surface area (Å²) in [6, 6.07) is 0. The fourth-order valence-corrected chi connectivity index (χ4v) is 3.01. The Balaban J connectivity index is 1.93. The van der Waals surface area contributed by atoms with Gasteiger partial charge in [0, 0.05) is 17.6 Å². The summed E-state index contributed by atoms with van der Waals surface area (Å²) in [4.78, 5) is 22.8. The van der Waals surface area contributed by atoms with Crippen LogP contribution >= 0.6 is 0 Å². The Hall–Kier alpha value is -1.58. The van der Waals surface area contributed by atoms with Gasteiger partial charge in [-0.05, 0) is 24.3 Å². The van der Waals surface area contributed by atoms with Gasteiger partial charge >= 0.3 is 11.9 Å². The van der Waals surface area contributed by atoms with E-state index < -0.39 is 0 Å². The van der Waals surface area contributed by atoms with E-state index in [1.165, 1.54) is 0 Å². The van der Waals surface area contributed by atoms with Crippen LogP contribution in [0.5, 0.6) is 0 Å². The van der Waals surface area contributed by atoms with Crippen LogP contribution in [0.1, 0.15) is 19.8 Å². The van der Waals surface area contributed by atoms with Crippen molar-refractivity contribution in [2.45, 2.75) is 32.0 Å². The largest absolute Gasteiger partial charge is 0.458 e. The minimum Gasteiger partial charge on any atom is -0.458 e. The van der Waals surface area contributed by atoms with Gasteiger partial charge in [-0.3, -0.25) is 0 Å². The zero-order valence-electron chi connectivity index (χ0n) is 9.64. The van der Waals surface area contributed by atoms with Crippen LogP contribution in [0, 0.1) is 11.8 Å². The summed E-state index contributed by atoms with van der Waals surface area (Å²) in [5.41, 5.74) is 1.56. The van der Waals surface area contributed by atoms with E-state index in [2.05, 4.69) is 6.58 Å². The van der Waals surface area contributed by atoms with Gasteiger partial charge in [0.1, 0.15) is 12.2 Å². The molecular formula is C13H14O4. The lowest BCUT2D eigenvalue weighted by molar-refractivity contribution is -0.141. The molecule has 2 heterocycles. The Kier molecular flexibility index (Phi) is 2.15. The minimum absolute atomic E-state index is 0.00764. The monoisotopic (exact) mass is 234 g/mol. The lowest BCUT2D eigenvalue weighted by Gasteiger charge is -2.16. The van der Waals surface area contributed by atoms with Crippen molar-refractivity contribution in [1.29, 1.82) is 0 Å². The maximum Gasteiger partial charge on any atom is 0.334 e. The van der Waals surface area contributed by atoms with Gasteiger partial charge in [0.15, 0.2) is 0 Å². The highest BCUT2D eigenvalue weighted by molar-refractivity contribution is 5.91. The van der Waals surface area contributed by atoms with Gasteiger partial charge in [0.25, 0.3) is 0 Å². The lowest BCUT2D eigenvalue weighted by Crippen LogP contribution is -2.19. The minimum atomic E-state index is -0.302. The summed E-state index contributed by atoms with van der Waals surface area (Å²) in [5, 5.41) is 0. The lowest BCUT2D eigenvalue weighted by atomic mass is 9.91. The van der Waals surface area contributed by atoms with Crippen molar-refractivity contribution in [2.24, 2.45) is 11.8 Å². The van der Waals surface area contributed by atoms with Crippen LogP contribution in [0.4, 0.5) is 0 Å². The molecule has 4 atom stereocenters. The van der Waals surface area contributed by atoms with Crippen molar-refractivity contribution in [1.82, 2.24) is 0 Å². The molecule has 2 aliphatic heterocycles. The average molecular weight is 234 g/mol. The molecule has 2 fully saturated rings. The average Bonchev–Trinajstić information content (AvgIpc) is 2.71. The number of carbonyl (C=O) groups is 2. The van der Waals surface area contributed by atoms with Gasteiger partial charge in [-0.2, -0.15) is 0 Å². The second-order valence-corrected chi connectivity index (χ2v) is 5.02. The van der Waals surface area contributed by atoms with Gasteiger partial charge in [-0.15, -0.1) is 0 Å². The molecule has 3 rings (SSSR count). The molecule has 0 amide bonds. The third kappa shape index (κ3) is 1.51. The van der Waals surface area contributed by atoms with E-state index in [1.807, 2.05) is 6.92 Å². The molecule has 4 nitrogen and oxygen atoms in total. The molecule has 0 aromatic carbocycles. The first kappa shape index (κ1) is 10.6. The zero-order valence-corrected chi connectivity index (χ0v) is 9.64. The van der Waals surface area contributed by atoms with Crippen LogP contribution in [-0.4, -0.2) is 24.1 Å². The Morgan fingerprint density at radius 2 is 2.06 bits per heavy atom. The summed E-state index contributed by atoms with van der Waals surface area (Å²) in [6.07, 6.45) is 2.65. The second kappa shape index (κ2) is 3.45. The summed E-state index contributed by atoms with van der Waals surface area (Å²) < 4.78 is 10.6. The van der Waals surface area contributed by atoms with E-state index in [0.29, 0.717) is 12.0 Å². The van der Waals surface area contributed by atoms with Crippen LogP contribution in [0.3, 0.4) is 0 Å². The van der Waals surface area contributed by atoms with Crippen molar-refractivity contribution in [3.8, 4) is 0 Å². The third-order valence-electron chi connectivity index (χ3n) is 3.95. The Labute approximate surface area is 99.3 Å². The van der Waals surface area contributed by atoms with Crippen molar-refractivity contribution in [2.75, 3.05) is 0 Å². The number of rotatable bonds is 0. The molecule has 0 aromatic heterocycles. The summed E-state index contributed by atoms with van der Waals surface area (Å²) in [6.45, 7) is 5.82. The van der Waals surface area contributed by atoms with E-state index >= 15 is 0 Å². The van der Waals surface area contributed by atoms with Gasteiger partial charge < -0.3 is 9.47 Å². The van der Waals surface area contributed by atoms with Crippen LogP contribution in [0.2, 0.25) is 0 Å². The molecule has 1 saturated carbocycles. The second-order valence-electron chi connectivity index (χ2n) is 5.02. The normalized spacial score (nSPS) is 40.1. The molecule has 4 heteroatoms. The standard InChI is InChI=1S/C13H14O4/c1-6-3-10-9(7(2)13(15)17-10)4-11-8(6)5-12(14)16-11/h5-6,9-11H,2-4H2,1H3. The zero-order chi connectivity index (χ0) is 12.2. The maximum atomic E-state index is 11.5. The van der Waals surface area contributed by atoms with Gasteiger partial charge in [-0.25, -0.2) is 9.59 Å². The first-order valence-corrected chi connectivity index (χ1v) is 5.88. The van der Waals surface area contributed by atoms with Crippen LogP contribution in [-0.2, 0) is 19.1 Å². The number of carbonyl (C=O) groups excluding carboxylic acids is 2. The molecule has 1 aliphatic carbocycles. The molecule has 90 valence electrons. The Morgan fingerprint density at radius 1 is 1.29 bits per heavy atom. The highest BCUT2D eigenvalue weighted by atomic mass is 16.6. The molecule has 17 heavy (non-hydrogen) atoms. The molecule has 4 unspecified atom stereocenters. The van der Waals surface area contributed by atoms with Gasteiger partial charge in [-0.1, -0.05) is 13.5 Å².